The van der Waals surface area contributed by atoms with Crippen molar-refractivity contribution in [3.63, 3.8) is 0 Å². The second-order valence-electron chi connectivity index (χ2n) is 11.3. The highest BCUT2D eigenvalue weighted by atomic mass is 16.5. The summed E-state index contributed by atoms with van der Waals surface area (Å²) in [4.78, 5) is 2.27. The molecular formula is C38H26BNO2. The molecule has 3 aliphatic rings. The average molecular weight is 539 g/mol. The van der Waals surface area contributed by atoms with Gasteiger partial charge in [0.25, 0.3) is 6.71 Å². The highest BCUT2D eigenvalue weighted by molar-refractivity contribution is 6.98. The van der Waals surface area contributed by atoms with E-state index in [2.05, 4.69) is 120 Å². The van der Waals surface area contributed by atoms with Gasteiger partial charge in [0, 0.05) is 28.6 Å². The van der Waals surface area contributed by atoms with Gasteiger partial charge in [-0.25, -0.2) is 0 Å². The van der Waals surface area contributed by atoms with Crippen molar-refractivity contribution in [1.82, 2.24) is 0 Å². The molecule has 0 unspecified atom stereocenters. The lowest BCUT2D eigenvalue weighted by molar-refractivity contribution is 0.464. The lowest BCUT2D eigenvalue weighted by Crippen LogP contribution is -2.57. The Hall–Kier alpha value is -5.22. The largest absolute Gasteiger partial charge is 0.458 e. The lowest BCUT2D eigenvalue weighted by Gasteiger charge is -2.34. The third-order valence-corrected chi connectivity index (χ3v) is 8.88. The molecule has 0 amide bonds. The van der Waals surface area contributed by atoms with Crippen LogP contribution in [-0.2, 0) is 12.8 Å². The predicted octanol–water partition coefficient (Wildman–Crippen LogP) is 7.65. The van der Waals surface area contributed by atoms with Crippen molar-refractivity contribution >= 4 is 40.2 Å². The number of hydrogen-bond acceptors (Lipinski definition) is 3. The summed E-state index contributed by atoms with van der Waals surface area (Å²) in [6, 6.07) is 47.3. The van der Waals surface area contributed by atoms with Gasteiger partial charge in [-0.3, -0.25) is 0 Å². The summed E-state index contributed by atoms with van der Waals surface area (Å²) >= 11 is 0. The zero-order chi connectivity index (χ0) is 27.6. The number of hydrogen-bond donors (Lipinski definition) is 0. The molecule has 0 saturated heterocycles. The first-order valence-corrected chi connectivity index (χ1v) is 14.6. The molecule has 2 heterocycles. The number of anilines is 3. The highest BCUT2D eigenvalue weighted by Gasteiger charge is 2.40. The summed E-state index contributed by atoms with van der Waals surface area (Å²) in [6.07, 6.45) is 2.37. The van der Waals surface area contributed by atoms with Crippen LogP contribution in [0.1, 0.15) is 11.1 Å². The molecule has 0 saturated carbocycles. The molecule has 0 atom stereocenters. The minimum Gasteiger partial charge on any atom is -0.458 e. The van der Waals surface area contributed by atoms with Crippen molar-refractivity contribution in [2.45, 2.75) is 12.8 Å². The normalized spacial score (nSPS) is 13.4. The summed E-state index contributed by atoms with van der Waals surface area (Å²) in [5.41, 5.74) is 12.0. The molecule has 0 fully saturated rings. The molecule has 0 N–H and O–H groups in total. The molecule has 2 aliphatic heterocycles. The number of aryl methyl sites for hydroxylation is 2. The minimum absolute atomic E-state index is 0.0329. The van der Waals surface area contributed by atoms with Crippen molar-refractivity contribution in [3.8, 4) is 34.1 Å². The van der Waals surface area contributed by atoms with E-state index in [0.29, 0.717) is 0 Å². The van der Waals surface area contributed by atoms with E-state index in [1.165, 1.54) is 40.6 Å². The zero-order valence-electron chi connectivity index (χ0n) is 23.0. The van der Waals surface area contributed by atoms with Gasteiger partial charge in [0.05, 0.1) is 0 Å². The molecule has 42 heavy (non-hydrogen) atoms. The topological polar surface area (TPSA) is 21.7 Å². The van der Waals surface area contributed by atoms with Gasteiger partial charge in [-0.05, 0) is 94.6 Å². The highest BCUT2D eigenvalue weighted by Crippen LogP contribution is 2.40. The number of rotatable bonds is 4. The second kappa shape index (κ2) is 9.15. The Morgan fingerprint density at radius 2 is 1.05 bits per heavy atom. The molecule has 0 spiro atoms. The Morgan fingerprint density at radius 1 is 0.452 bits per heavy atom. The molecule has 4 heteroatoms. The predicted molar refractivity (Wildman–Crippen MR) is 172 cm³/mol. The fourth-order valence-corrected chi connectivity index (χ4v) is 6.71. The SMILES string of the molecule is c1ccc(N(c2ccccc2)c2ccc3c(c2)Oc2cccc4c2B3c2ccc(-c3ccc5c(c3)CC5)cc2O4)cc1. The lowest BCUT2D eigenvalue weighted by atomic mass is 9.35. The number of nitrogens with zero attached hydrogens (tertiary/aromatic N) is 1. The maximum Gasteiger partial charge on any atom is 0.260 e. The van der Waals surface area contributed by atoms with E-state index >= 15 is 0 Å². The number of benzene rings is 6. The molecule has 198 valence electrons. The fraction of sp³-hybridized carbons (Fsp3) is 0.0526. The van der Waals surface area contributed by atoms with Crippen LogP contribution in [-0.4, -0.2) is 6.71 Å². The van der Waals surface area contributed by atoms with Crippen LogP contribution in [0, 0.1) is 0 Å². The van der Waals surface area contributed by atoms with Gasteiger partial charge in [-0.15, -0.1) is 0 Å². The maximum absolute atomic E-state index is 6.62. The van der Waals surface area contributed by atoms with E-state index in [9.17, 15) is 0 Å². The summed E-state index contributed by atoms with van der Waals surface area (Å²) < 4.78 is 13.2. The van der Waals surface area contributed by atoms with Gasteiger partial charge in [0.2, 0.25) is 0 Å². The van der Waals surface area contributed by atoms with Gasteiger partial charge in [0.1, 0.15) is 23.0 Å². The third-order valence-electron chi connectivity index (χ3n) is 8.88. The van der Waals surface area contributed by atoms with Gasteiger partial charge in [-0.1, -0.05) is 78.9 Å². The number of para-hydroxylation sites is 2. The van der Waals surface area contributed by atoms with Crippen LogP contribution in [0.2, 0.25) is 0 Å². The van der Waals surface area contributed by atoms with Crippen LogP contribution < -0.4 is 30.8 Å². The van der Waals surface area contributed by atoms with Crippen molar-refractivity contribution in [1.29, 1.82) is 0 Å². The van der Waals surface area contributed by atoms with Crippen molar-refractivity contribution in [3.05, 3.63) is 145 Å². The van der Waals surface area contributed by atoms with E-state index in [0.717, 1.165) is 51.0 Å². The van der Waals surface area contributed by atoms with Gasteiger partial charge in [0.15, 0.2) is 0 Å². The van der Waals surface area contributed by atoms with Crippen LogP contribution in [0.3, 0.4) is 0 Å². The monoisotopic (exact) mass is 539 g/mol. The van der Waals surface area contributed by atoms with Crippen LogP contribution in [0.4, 0.5) is 17.1 Å². The standard InChI is InChI=1S/C38H26BNO2/c1-3-8-29(9-4-1)40(30-10-5-2-6-11-30)31-19-21-33-37(24-31)42-35-13-7-12-34-38(35)39(33)32-20-18-28(23-36(32)41-34)27-17-15-25-14-16-26(25)22-27/h1-13,15,17-24H,14,16H2. The molecule has 0 radical (unpaired) electrons. The molecular weight excluding hydrogens is 513 g/mol. The van der Waals surface area contributed by atoms with Crippen LogP contribution in [0.5, 0.6) is 23.0 Å². The summed E-state index contributed by atoms with van der Waals surface area (Å²) in [5, 5.41) is 0. The quantitative estimate of drug-likeness (QED) is 0.215. The summed E-state index contributed by atoms with van der Waals surface area (Å²) in [7, 11) is 0. The van der Waals surface area contributed by atoms with Crippen molar-refractivity contribution in [2.75, 3.05) is 4.90 Å². The Kier molecular flexibility index (Phi) is 5.12. The van der Waals surface area contributed by atoms with Crippen LogP contribution >= 0.6 is 0 Å². The van der Waals surface area contributed by atoms with E-state index < -0.39 is 0 Å². The molecule has 6 aromatic carbocycles. The first-order chi connectivity index (χ1) is 20.8. The van der Waals surface area contributed by atoms with Gasteiger partial charge >= 0.3 is 0 Å². The van der Waals surface area contributed by atoms with Gasteiger partial charge in [-0.2, -0.15) is 0 Å². The van der Waals surface area contributed by atoms with Crippen LogP contribution in [0.15, 0.2) is 133 Å². The first kappa shape index (κ1) is 23.5. The number of fused-ring (bicyclic) bond motifs is 5. The van der Waals surface area contributed by atoms with E-state index in [1.807, 2.05) is 18.2 Å². The average Bonchev–Trinajstić information content (AvgIpc) is 3.02. The Balaban J connectivity index is 1.17. The summed E-state index contributed by atoms with van der Waals surface area (Å²) in [5.74, 6) is 3.50. The first-order valence-electron chi connectivity index (χ1n) is 14.6. The smallest absolute Gasteiger partial charge is 0.260 e. The zero-order valence-corrected chi connectivity index (χ0v) is 23.0. The van der Waals surface area contributed by atoms with E-state index in [-0.39, 0.29) is 6.71 Å². The maximum atomic E-state index is 6.62. The minimum atomic E-state index is 0.0329. The van der Waals surface area contributed by atoms with Crippen LogP contribution in [0.25, 0.3) is 11.1 Å². The fourth-order valence-electron chi connectivity index (χ4n) is 6.71. The summed E-state index contributed by atoms with van der Waals surface area (Å²) in [6.45, 7) is 0.0329. The van der Waals surface area contributed by atoms with E-state index in [1.54, 1.807) is 0 Å². The van der Waals surface area contributed by atoms with E-state index in [4.69, 9.17) is 9.47 Å². The Morgan fingerprint density at radius 3 is 1.69 bits per heavy atom. The van der Waals surface area contributed by atoms with Crippen molar-refractivity contribution in [2.24, 2.45) is 0 Å². The van der Waals surface area contributed by atoms with Crippen molar-refractivity contribution < 1.29 is 9.47 Å². The molecule has 9 rings (SSSR count). The molecule has 0 bridgehead atoms. The molecule has 1 aliphatic carbocycles. The molecule has 3 nitrogen and oxygen atoms in total. The Labute approximate surface area is 245 Å². The van der Waals surface area contributed by atoms with Gasteiger partial charge < -0.3 is 14.4 Å². The Bertz CT molecular complexity index is 1960. The molecule has 0 aromatic heterocycles. The molecule has 6 aromatic rings. The third kappa shape index (κ3) is 3.62. The second-order valence-corrected chi connectivity index (χ2v) is 11.3. The number of ether oxygens (including phenoxy) is 2.